The summed E-state index contributed by atoms with van der Waals surface area (Å²) in [5.74, 6) is 0.843. The Morgan fingerprint density at radius 3 is 2.81 bits per heavy atom. The predicted molar refractivity (Wildman–Crippen MR) is 105 cm³/mol. The number of imidazole rings is 1. The van der Waals surface area contributed by atoms with E-state index in [2.05, 4.69) is 20.3 Å². The molecule has 0 saturated heterocycles. The van der Waals surface area contributed by atoms with Gasteiger partial charge in [-0.25, -0.2) is 15.0 Å². The first-order valence-corrected chi connectivity index (χ1v) is 8.99. The molecule has 0 amide bonds. The van der Waals surface area contributed by atoms with Crippen molar-refractivity contribution in [1.29, 1.82) is 5.41 Å². The Labute approximate surface area is 157 Å². The van der Waals surface area contributed by atoms with Gasteiger partial charge in [-0.2, -0.15) is 0 Å². The number of halogens is 1. The molecule has 4 N–H and O–H groups in total. The third-order valence-electron chi connectivity index (χ3n) is 4.32. The van der Waals surface area contributed by atoms with Crippen molar-refractivity contribution in [1.82, 2.24) is 19.5 Å². The van der Waals surface area contributed by atoms with Crippen LogP contribution < -0.4 is 11.1 Å². The van der Waals surface area contributed by atoms with E-state index in [0.29, 0.717) is 40.1 Å². The first-order chi connectivity index (χ1) is 12.6. The zero-order valence-corrected chi connectivity index (χ0v) is 15.6. The number of nitrogens with two attached hydrogens (primary N) is 1. The monoisotopic (exact) mass is 371 g/mol. The van der Waals surface area contributed by atoms with E-state index in [1.807, 2.05) is 42.7 Å². The van der Waals surface area contributed by atoms with Crippen molar-refractivity contribution in [2.75, 3.05) is 11.9 Å². The topological polar surface area (TPSA) is 106 Å². The molecule has 136 valence electrons. The average Bonchev–Trinajstić information content (AvgIpc) is 3.06. The van der Waals surface area contributed by atoms with Gasteiger partial charge in [0.1, 0.15) is 0 Å². The molecule has 26 heavy (non-hydrogen) atoms. The van der Waals surface area contributed by atoms with Gasteiger partial charge in [-0.3, -0.25) is 0 Å². The summed E-state index contributed by atoms with van der Waals surface area (Å²) in [5, 5.41) is 12.4. The van der Waals surface area contributed by atoms with Crippen LogP contribution in [0.5, 0.6) is 0 Å². The predicted octanol–water partition coefficient (Wildman–Crippen LogP) is 3.60. The Bertz CT molecular complexity index is 930. The Morgan fingerprint density at radius 2 is 2.15 bits per heavy atom. The van der Waals surface area contributed by atoms with E-state index >= 15 is 0 Å². The number of nitrogens with zero attached hydrogens (tertiary/aromatic N) is 4. The van der Waals surface area contributed by atoms with Gasteiger partial charge in [0.2, 0.25) is 0 Å². The van der Waals surface area contributed by atoms with Crippen LogP contribution in [0, 0.1) is 11.3 Å². The molecule has 0 fully saturated rings. The molecule has 0 spiro atoms. The van der Waals surface area contributed by atoms with E-state index in [0.717, 1.165) is 18.7 Å². The SMILES string of the molecule is CC[C@@H](CN)C(=N)c1nc(Nc2cccc(Cl)c2)c2ncn(CC)c2n1. The average molecular weight is 372 g/mol. The fraction of sp³-hybridized carbons (Fsp3) is 0.333. The highest BCUT2D eigenvalue weighted by Gasteiger charge is 2.20. The maximum absolute atomic E-state index is 8.47. The van der Waals surface area contributed by atoms with Gasteiger partial charge >= 0.3 is 0 Å². The first kappa shape index (κ1) is 18.3. The molecule has 3 aromatic rings. The molecule has 0 aliphatic rings. The van der Waals surface area contributed by atoms with E-state index in [1.165, 1.54) is 0 Å². The number of nitrogens with one attached hydrogen (secondary N) is 2. The lowest BCUT2D eigenvalue weighted by Crippen LogP contribution is -2.25. The number of fused-ring (bicyclic) bond motifs is 1. The molecule has 2 aromatic heterocycles. The summed E-state index contributed by atoms with van der Waals surface area (Å²) in [7, 11) is 0. The van der Waals surface area contributed by atoms with Crippen LogP contribution in [0.3, 0.4) is 0 Å². The van der Waals surface area contributed by atoms with Crippen molar-refractivity contribution in [3.63, 3.8) is 0 Å². The largest absolute Gasteiger partial charge is 0.338 e. The van der Waals surface area contributed by atoms with Crippen LogP contribution in [0.4, 0.5) is 11.5 Å². The molecule has 2 heterocycles. The highest BCUT2D eigenvalue weighted by molar-refractivity contribution is 6.30. The molecule has 1 atom stereocenters. The van der Waals surface area contributed by atoms with E-state index < -0.39 is 0 Å². The zero-order chi connectivity index (χ0) is 18.7. The zero-order valence-electron chi connectivity index (χ0n) is 14.8. The van der Waals surface area contributed by atoms with Gasteiger partial charge in [0.15, 0.2) is 22.8 Å². The normalized spacial score (nSPS) is 12.3. The lowest BCUT2D eigenvalue weighted by atomic mass is 10.00. The van der Waals surface area contributed by atoms with Crippen LogP contribution in [0.2, 0.25) is 5.02 Å². The number of hydrogen-bond donors (Lipinski definition) is 3. The Morgan fingerprint density at radius 1 is 1.35 bits per heavy atom. The molecule has 0 radical (unpaired) electrons. The number of hydrogen-bond acceptors (Lipinski definition) is 6. The third-order valence-corrected chi connectivity index (χ3v) is 4.55. The molecule has 1 aromatic carbocycles. The number of aromatic nitrogens is 4. The number of aryl methyl sites for hydroxylation is 1. The van der Waals surface area contributed by atoms with E-state index in [9.17, 15) is 0 Å². The van der Waals surface area contributed by atoms with Crippen LogP contribution >= 0.6 is 11.6 Å². The lowest BCUT2D eigenvalue weighted by Gasteiger charge is -2.14. The first-order valence-electron chi connectivity index (χ1n) is 8.61. The van der Waals surface area contributed by atoms with Crippen LogP contribution in [0.1, 0.15) is 26.1 Å². The van der Waals surface area contributed by atoms with Crippen molar-refractivity contribution in [2.45, 2.75) is 26.8 Å². The van der Waals surface area contributed by atoms with Crippen LogP contribution in [-0.2, 0) is 6.54 Å². The molecule has 0 aliphatic carbocycles. The van der Waals surface area contributed by atoms with E-state index in [4.69, 9.17) is 22.7 Å². The Hall–Kier alpha value is -2.51. The molecule has 7 nitrogen and oxygen atoms in total. The summed E-state index contributed by atoms with van der Waals surface area (Å²) < 4.78 is 1.93. The summed E-state index contributed by atoms with van der Waals surface area (Å²) in [6.07, 6.45) is 2.50. The molecular weight excluding hydrogens is 350 g/mol. The van der Waals surface area contributed by atoms with Gasteiger partial charge < -0.3 is 21.0 Å². The van der Waals surface area contributed by atoms with Gasteiger partial charge in [-0.05, 0) is 31.5 Å². The van der Waals surface area contributed by atoms with Crippen molar-refractivity contribution in [3.8, 4) is 0 Å². The fourth-order valence-electron chi connectivity index (χ4n) is 2.76. The maximum atomic E-state index is 8.47. The highest BCUT2D eigenvalue weighted by atomic mass is 35.5. The van der Waals surface area contributed by atoms with Gasteiger partial charge in [0.25, 0.3) is 0 Å². The molecule has 0 saturated carbocycles. The second-order valence-corrected chi connectivity index (χ2v) is 6.42. The minimum atomic E-state index is -0.0792. The van der Waals surface area contributed by atoms with Crippen LogP contribution in [0.15, 0.2) is 30.6 Å². The molecular formula is C18H22ClN7. The second-order valence-electron chi connectivity index (χ2n) is 5.99. The third kappa shape index (κ3) is 3.54. The standard InChI is InChI=1S/C18H22ClN7/c1-3-11(9-20)14(21)16-24-17(23-13-7-5-6-12(19)8-13)15-18(25-16)26(4-2)10-22-15/h5-8,10-11,21H,3-4,9,20H2,1-2H3,(H,23,24,25)/t11-/m0/s1. The lowest BCUT2D eigenvalue weighted by molar-refractivity contribution is 0.670. The van der Waals surface area contributed by atoms with Gasteiger partial charge in [0, 0.05) is 29.7 Å². The minimum Gasteiger partial charge on any atom is -0.338 e. The Balaban J connectivity index is 2.11. The second kappa shape index (κ2) is 7.80. The maximum Gasteiger partial charge on any atom is 0.177 e. The molecule has 0 unspecified atom stereocenters. The quantitative estimate of drug-likeness (QED) is 0.550. The van der Waals surface area contributed by atoms with Crippen molar-refractivity contribution >= 4 is 40.0 Å². The summed E-state index contributed by atoms with van der Waals surface area (Å²) >= 11 is 6.08. The summed E-state index contributed by atoms with van der Waals surface area (Å²) in [6, 6.07) is 7.38. The van der Waals surface area contributed by atoms with Crippen LogP contribution in [0.25, 0.3) is 11.2 Å². The van der Waals surface area contributed by atoms with Gasteiger partial charge in [-0.1, -0.05) is 24.6 Å². The van der Waals surface area contributed by atoms with E-state index in [-0.39, 0.29) is 5.92 Å². The number of anilines is 2. The summed E-state index contributed by atoms with van der Waals surface area (Å²) in [5.41, 5.74) is 8.29. The highest BCUT2D eigenvalue weighted by Crippen LogP contribution is 2.25. The van der Waals surface area contributed by atoms with E-state index in [1.54, 1.807) is 6.33 Å². The minimum absolute atomic E-state index is 0.0792. The fourth-order valence-corrected chi connectivity index (χ4v) is 2.95. The van der Waals surface area contributed by atoms with Gasteiger partial charge in [0.05, 0.1) is 12.0 Å². The van der Waals surface area contributed by atoms with Crippen molar-refractivity contribution in [2.24, 2.45) is 11.7 Å². The smallest absolute Gasteiger partial charge is 0.177 e. The van der Waals surface area contributed by atoms with Gasteiger partial charge in [-0.15, -0.1) is 0 Å². The van der Waals surface area contributed by atoms with Crippen molar-refractivity contribution < 1.29 is 0 Å². The summed E-state index contributed by atoms with van der Waals surface area (Å²) in [4.78, 5) is 13.6. The number of benzene rings is 1. The Kier molecular flexibility index (Phi) is 5.49. The molecule has 0 aliphatic heterocycles. The number of rotatable bonds is 7. The molecule has 3 rings (SSSR count). The molecule has 8 heteroatoms. The molecule has 0 bridgehead atoms. The van der Waals surface area contributed by atoms with Crippen molar-refractivity contribution in [3.05, 3.63) is 41.4 Å². The summed E-state index contributed by atoms with van der Waals surface area (Å²) in [6.45, 7) is 5.14. The van der Waals surface area contributed by atoms with Crippen LogP contribution in [-0.4, -0.2) is 31.8 Å².